The van der Waals surface area contributed by atoms with Gasteiger partial charge in [0.25, 0.3) is 0 Å². The lowest BCUT2D eigenvalue weighted by Gasteiger charge is -2.22. The van der Waals surface area contributed by atoms with Crippen molar-refractivity contribution in [1.29, 1.82) is 0 Å². The maximum atomic E-state index is 5.89. The number of nitrogens with zero attached hydrogens (tertiary/aromatic N) is 1. The van der Waals surface area contributed by atoms with E-state index in [0.29, 0.717) is 5.92 Å². The molecule has 1 aliphatic carbocycles. The van der Waals surface area contributed by atoms with E-state index in [-0.39, 0.29) is 0 Å². The highest BCUT2D eigenvalue weighted by molar-refractivity contribution is 5.07. The van der Waals surface area contributed by atoms with E-state index >= 15 is 0 Å². The fourth-order valence-electron chi connectivity index (χ4n) is 2.81. The minimum absolute atomic E-state index is 0.683. The summed E-state index contributed by atoms with van der Waals surface area (Å²) >= 11 is 0. The summed E-state index contributed by atoms with van der Waals surface area (Å²) in [6.45, 7) is 7.26. The first kappa shape index (κ1) is 14.6. The summed E-state index contributed by atoms with van der Waals surface area (Å²) in [5.41, 5.74) is 0. The molecule has 3 nitrogen and oxygen atoms in total. The molecule has 0 aromatic carbocycles. The average molecular weight is 264 g/mol. The van der Waals surface area contributed by atoms with Crippen molar-refractivity contribution < 1.29 is 4.42 Å². The van der Waals surface area contributed by atoms with Crippen LogP contribution >= 0.6 is 0 Å². The molecule has 0 aliphatic heterocycles. The quantitative estimate of drug-likeness (QED) is 0.818. The van der Waals surface area contributed by atoms with Gasteiger partial charge in [-0.25, -0.2) is 0 Å². The van der Waals surface area contributed by atoms with Crippen LogP contribution in [0.1, 0.15) is 51.1 Å². The normalized spacial score (nSPS) is 16.9. The van der Waals surface area contributed by atoms with Crippen LogP contribution in [-0.4, -0.2) is 24.5 Å². The van der Waals surface area contributed by atoms with Crippen molar-refractivity contribution in [3.05, 3.63) is 23.7 Å². The molecule has 0 bridgehead atoms. The van der Waals surface area contributed by atoms with Gasteiger partial charge in [-0.1, -0.05) is 26.7 Å². The largest absolute Gasteiger partial charge is 0.463 e. The topological polar surface area (TPSA) is 28.4 Å². The van der Waals surface area contributed by atoms with Gasteiger partial charge >= 0.3 is 0 Å². The van der Waals surface area contributed by atoms with Crippen LogP contribution in [0.15, 0.2) is 16.5 Å². The highest BCUT2D eigenvalue weighted by Gasteiger charge is 2.20. The standard InChI is InChI=1S/C16H28N2O/c1-13(2)10-17-11-15-8-9-16(19-15)12-18(3)14-6-4-5-7-14/h8-9,13-14,17H,4-7,10-12H2,1-3H3. The molecular formula is C16H28N2O. The Hall–Kier alpha value is -0.800. The molecular weight excluding hydrogens is 236 g/mol. The van der Waals surface area contributed by atoms with Crippen molar-refractivity contribution in [2.75, 3.05) is 13.6 Å². The Morgan fingerprint density at radius 1 is 1.26 bits per heavy atom. The minimum Gasteiger partial charge on any atom is -0.463 e. The van der Waals surface area contributed by atoms with Crippen LogP contribution in [0.5, 0.6) is 0 Å². The van der Waals surface area contributed by atoms with Gasteiger partial charge in [0.2, 0.25) is 0 Å². The third-order valence-corrected chi connectivity index (χ3v) is 3.92. The molecule has 0 spiro atoms. The van der Waals surface area contributed by atoms with Gasteiger partial charge in [0.15, 0.2) is 0 Å². The molecule has 0 unspecified atom stereocenters. The van der Waals surface area contributed by atoms with Gasteiger partial charge in [0.1, 0.15) is 11.5 Å². The van der Waals surface area contributed by atoms with E-state index in [1.807, 2.05) is 0 Å². The van der Waals surface area contributed by atoms with E-state index in [9.17, 15) is 0 Å². The first-order chi connectivity index (χ1) is 9.15. The highest BCUT2D eigenvalue weighted by atomic mass is 16.3. The third-order valence-electron chi connectivity index (χ3n) is 3.92. The Balaban J connectivity index is 1.76. The molecule has 1 saturated carbocycles. The Kier molecular flexibility index (Phi) is 5.46. The zero-order chi connectivity index (χ0) is 13.7. The summed E-state index contributed by atoms with van der Waals surface area (Å²) in [7, 11) is 2.22. The van der Waals surface area contributed by atoms with Crippen molar-refractivity contribution in [2.24, 2.45) is 5.92 Å². The van der Waals surface area contributed by atoms with Crippen LogP contribution in [0.3, 0.4) is 0 Å². The lowest BCUT2D eigenvalue weighted by atomic mass is 10.2. The Labute approximate surface area is 117 Å². The van der Waals surface area contributed by atoms with Crippen LogP contribution in [0.25, 0.3) is 0 Å². The number of hydrogen-bond acceptors (Lipinski definition) is 3. The maximum absolute atomic E-state index is 5.89. The van der Waals surface area contributed by atoms with Crippen molar-refractivity contribution >= 4 is 0 Å². The molecule has 0 amide bonds. The Morgan fingerprint density at radius 2 is 1.95 bits per heavy atom. The van der Waals surface area contributed by atoms with E-state index in [4.69, 9.17) is 4.42 Å². The van der Waals surface area contributed by atoms with Crippen LogP contribution in [0, 0.1) is 5.92 Å². The Bertz CT molecular complexity index is 367. The second-order valence-corrected chi connectivity index (χ2v) is 6.25. The van der Waals surface area contributed by atoms with Crippen LogP contribution in [0.2, 0.25) is 0 Å². The van der Waals surface area contributed by atoms with Gasteiger partial charge in [0, 0.05) is 6.04 Å². The molecule has 1 aliphatic rings. The predicted octanol–water partition coefficient (Wildman–Crippen LogP) is 3.40. The molecule has 1 heterocycles. The van der Waals surface area contributed by atoms with Crippen molar-refractivity contribution in [2.45, 2.75) is 58.7 Å². The minimum atomic E-state index is 0.683. The van der Waals surface area contributed by atoms with Gasteiger partial charge in [-0.3, -0.25) is 4.90 Å². The summed E-state index contributed by atoms with van der Waals surface area (Å²) in [6, 6.07) is 4.98. The predicted molar refractivity (Wildman–Crippen MR) is 79.0 cm³/mol. The van der Waals surface area contributed by atoms with E-state index in [0.717, 1.165) is 37.2 Å². The zero-order valence-electron chi connectivity index (χ0n) is 12.6. The SMILES string of the molecule is CC(C)CNCc1ccc(CN(C)C2CCCC2)o1. The van der Waals surface area contributed by atoms with Gasteiger partial charge in [0.05, 0.1) is 13.1 Å². The molecule has 1 fully saturated rings. The van der Waals surface area contributed by atoms with Crippen LogP contribution in [-0.2, 0) is 13.1 Å². The van der Waals surface area contributed by atoms with Crippen molar-refractivity contribution in [1.82, 2.24) is 10.2 Å². The van der Waals surface area contributed by atoms with Crippen molar-refractivity contribution in [3.63, 3.8) is 0 Å². The number of furan rings is 1. The molecule has 3 heteroatoms. The first-order valence-corrected chi connectivity index (χ1v) is 7.63. The molecule has 1 aromatic rings. The number of nitrogens with one attached hydrogen (secondary N) is 1. The summed E-state index contributed by atoms with van der Waals surface area (Å²) in [5.74, 6) is 2.83. The van der Waals surface area contributed by atoms with Crippen molar-refractivity contribution in [3.8, 4) is 0 Å². The van der Waals surface area contributed by atoms with Crippen LogP contribution in [0.4, 0.5) is 0 Å². The van der Waals surface area contributed by atoms with E-state index in [1.54, 1.807) is 0 Å². The highest BCUT2D eigenvalue weighted by Crippen LogP contribution is 2.24. The lowest BCUT2D eigenvalue weighted by molar-refractivity contribution is 0.217. The molecule has 0 saturated heterocycles. The van der Waals surface area contributed by atoms with E-state index in [1.165, 1.54) is 25.7 Å². The van der Waals surface area contributed by atoms with Gasteiger partial charge in [-0.2, -0.15) is 0 Å². The summed E-state index contributed by atoms with van der Waals surface area (Å²) in [4.78, 5) is 2.44. The second kappa shape index (κ2) is 7.11. The monoisotopic (exact) mass is 264 g/mol. The Morgan fingerprint density at radius 3 is 2.63 bits per heavy atom. The summed E-state index contributed by atoms with van der Waals surface area (Å²) in [5, 5.41) is 3.42. The average Bonchev–Trinajstić information content (AvgIpc) is 2.99. The molecule has 2 rings (SSSR count). The smallest absolute Gasteiger partial charge is 0.118 e. The number of rotatable bonds is 7. The van der Waals surface area contributed by atoms with E-state index in [2.05, 4.69) is 43.2 Å². The number of hydrogen-bond donors (Lipinski definition) is 1. The maximum Gasteiger partial charge on any atom is 0.118 e. The summed E-state index contributed by atoms with van der Waals surface area (Å²) in [6.07, 6.45) is 5.47. The lowest BCUT2D eigenvalue weighted by Crippen LogP contribution is -2.28. The van der Waals surface area contributed by atoms with Gasteiger partial charge in [-0.05, 0) is 44.5 Å². The third kappa shape index (κ3) is 4.66. The van der Waals surface area contributed by atoms with Gasteiger partial charge < -0.3 is 9.73 Å². The fraction of sp³-hybridized carbons (Fsp3) is 0.750. The van der Waals surface area contributed by atoms with E-state index < -0.39 is 0 Å². The molecule has 1 aromatic heterocycles. The fourth-order valence-corrected chi connectivity index (χ4v) is 2.81. The second-order valence-electron chi connectivity index (χ2n) is 6.25. The summed E-state index contributed by atoms with van der Waals surface area (Å²) < 4.78 is 5.89. The molecule has 1 N–H and O–H groups in total. The van der Waals surface area contributed by atoms with Gasteiger partial charge in [-0.15, -0.1) is 0 Å². The zero-order valence-corrected chi connectivity index (χ0v) is 12.6. The molecule has 19 heavy (non-hydrogen) atoms. The van der Waals surface area contributed by atoms with Crippen LogP contribution < -0.4 is 5.32 Å². The molecule has 0 atom stereocenters. The first-order valence-electron chi connectivity index (χ1n) is 7.63. The molecule has 0 radical (unpaired) electrons. The molecule has 108 valence electrons.